The largest absolute Gasteiger partial charge is 0.316 e. The van der Waals surface area contributed by atoms with Crippen LogP contribution in [0, 0.1) is 28.6 Å². The second-order valence-electron chi connectivity index (χ2n) is 13.8. The highest BCUT2D eigenvalue weighted by Gasteiger charge is 2.25. The third kappa shape index (κ3) is 27.2. The molecular weight excluding hydrogens is 450 g/mol. The Morgan fingerprint density at radius 2 is 1.19 bits per heavy atom. The maximum atomic E-state index is 3.65. The van der Waals surface area contributed by atoms with Gasteiger partial charge in [0.15, 0.2) is 0 Å². The minimum atomic E-state index is 0.440. The molecule has 37 heavy (non-hydrogen) atoms. The molecule has 1 atom stereocenters. The molecule has 0 aromatic carbocycles. The van der Waals surface area contributed by atoms with Gasteiger partial charge in [-0.3, -0.25) is 0 Å². The molecule has 0 saturated carbocycles. The van der Waals surface area contributed by atoms with Crippen molar-refractivity contribution in [2.75, 3.05) is 39.8 Å². The molecule has 0 spiro atoms. The first kappa shape index (κ1) is 41.4. The molecule has 2 N–H and O–H groups in total. The Balaban J connectivity index is -0.000000531. The molecule has 0 rings (SSSR count). The molecule has 1 unspecified atom stereocenters. The van der Waals surface area contributed by atoms with Gasteiger partial charge >= 0.3 is 0 Å². The topological polar surface area (TPSA) is 27.3 Å². The summed E-state index contributed by atoms with van der Waals surface area (Å²) in [4.78, 5) is 2.47. The van der Waals surface area contributed by atoms with E-state index in [1.165, 1.54) is 71.0 Å². The van der Waals surface area contributed by atoms with E-state index in [9.17, 15) is 0 Å². The molecule has 0 heterocycles. The van der Waals surface area contributed by atoms with Crippen LogP contribution in [0.25, 0.3) is 0 Å². The second-order valence-corrected chi connectivity index (χ2v) is 13.8. The lowest BCUT2D eigenvalue weighted by Gasteiger charge is -2.33. The van der Waals surface area contributed by atoms with Gasteiger partial charge in [-0.15, -0.1) is 0 Å². The van der Waals surface area contributed by atoms with Crippen LogP contribution in [0.5, 0.6) is 0 Å². The predicted octanol–water partition coefficient (Wildman–Crippen LogP) is 9.66. The molecule has 228 valence electrons. The van der Waals surface area contributed by atoms with Crippen molar-refractivity contribution < 1.29 is 0 Å². The average molecular weight is 528 g/mol. The number of hydrogen-bond acceptors (Lipinski definition) is 3. The maximum Gasteiger partial charge on any atom is 0.00106 e. The summed E-state index contributed by atoms with van der Waals surface area (Å²) in [6, 6.07) is 0.592. The van der Waals surface area contributed by atoms with E-state index in [-0.39, 0.29) is 0 Å². The lowest BCUT2D eigenvalue weighted by Crippen LogP contribution is -2.38. The standard InChI is InChI=1S/C15H34N2.C14H31N.C5H12/c1-8-15(6,12-16-14(4)5)9-10-17(7)11-13(2)3;1-6-9-14(8-3,10-7-2)12-15-11-13(4)5;1-4-5(2)3/h13-14,16H,8-12H2,1-7H3;13,15H,6-12H2,1-5H3;5H,4H2,1-3H3. The molecule has 0 aromatic rings. The average Bonchev–Trinajstić information content (AvgIpc) is 2.81. The minimum Gasteiger partial charge on any atom is -0.316 e. The van der Waals surface area contributed by atoms with Crippen molar-refractivity contribution in [1.29, 1.82) is 0 Å². The summed E-state index contributed by atoms with van der Waals surface area (Å²) in [6.45, 7) is 37.8. The van der Waals surface area contributed by atoms with Crippen molar-refractivity contribution in [2.45, 2.75) is 154 Å². The van der Waals surface area contributed by atoms with Crippen LogP contribution < -0.4 is 10.6 Å². The van der Waals surface area contributed by atoms with Crippen LogP contribution >= 0.6 is 0 Å². The van der Waals surface area contributed by atoms with E-state index >= 15 is 0 Å². The minimum absolute atomic E-state index is 0.440. The molecule has 0 amide bonds. The Bertz CT molecular complexity index is 452. The quantitative estimate of drug-likeness (QED) is 0.175. The summed E-state index contributed by atoms with van der Waals surface area (Å²) in [6.07, 6.45) is 10.5. The van der Waals surface area contributed by atoms with E-state index < -0.39 is 0 Å². The van der Waals surface area contributed by atoms with Gasteiger partial charge in [0.1, 0.15) is 0 Å². The van der Waals surface area contributed by atoms with Crippen LogP contribution in [-0.4, -0.2) is 50.7 Å². The molecular formula is C34H77N3. The Hall–Kier alpha value is -0.120. The van der Waals surface area contributed by atoms with E-state index in [1.807, 2.05) is 0 Å². The molecule has 0 saturated heterocycles. The van der Waals surface area contributed by atoms with E-state index in [4.69, 9.17) is 0 Å². The van der Waals surface area contributed by atoms with Crippen molar-refractivity contribution in [3.8, 4) is 0 Å². The highest BCUT2D eigenvalue weighted by molar-refractivity contribution is 4.80. The van der Waals surface area contributed by atoms with Crippen LogP contribution in [0.2, 0.25) is 0 Å². The van der Waals surface area contributed by atoms with Gasteiger partial charge in [-0.05, 0) is 80.8 Å². The summed E-state index contributed by atoms with van der Waals surface area (Å²) in [7, 11) is 2.24. The van der Waals surface area contributed by atoms with Crippen LogP contribution in [0.4, 0.5) is 0 Å². The molecule has 0 bridgehead atoms. The maximum absolute atomic E-state index is 3.65. The van der Waals surface area contributed by atoms with E-state index in [1.54, 1.807) is 0 Å². The normalized spacial score (nSPS) is 13.6. The first-order valence-electron chi connectivity index (χ1n) is 16.3. The summed E-state index contributed by atoms with van der Waals surface area (Å²) in [5, 5.41) is 7.23. The van der Waals surface area contributed by atoms with Gasteiger partial charge in [-0.25, -0.2) is 0 Å². The molecule has 3 heteroatoms. The molecule has 0 aliphatic rings. The van der Waals surface area contributed by atoms with Gasteiger partial charge in [0.2, 0.25) is 0 Å². The van der Waals surface area contributed by atoms with Crippen molar-refractivity contribution in [3.63, 3.8) is 0 Å². The van der Waals surface area contributed by atoms with Gasteiger partial charge in [0.05, 0.1) is 0 Å². The second kappa shape index (κ2) is 24.9. The summed E-state index contributed by atoms with van der Waals surface area (Å²) in [5.41, 5.74) is 1.01. The summed E-state index contributed by atoms with van der Waals surface area (Å²) < 4.78 is 0. The third-order valence-electron chi connectivity index (χ3n) is 7.74. The van der Waals surface area contributed by atoms with Crippen molar-refractivity contribution in [3.05, 3.63) is 0 Å². The van der Waals surface area contributed by atoms with Crippen molar-refractivity contribution in [1.82, 2.24) is 15.5 Å². The Labute approximate surface area is 238 Å². The van der Waals surface area contributed by atoms with E-state index in [0.29, 0.717) is 16.9 Å². The van der Waals surface area contributed by atoms with Crippen LogP contribution in [0.15, 0.2) is 0 Å². The Morgan fingerprint density at radius 1 is 0.676 bits per heavy atom. The Morgan fingerprint density at radius 3 is 1.51 bits per heavy atom. The van der Waals surface area contributed by atoms with Gasteiger partial charge in [0.25, 0.3) is 0 Å². The lowest BCUT2D eigenvalue weighted by atomic mass is 9.77. The molecule has 0 fully saturated rings. The smallest absolute Gasteiger partial charge is 0.00106 e. The monoisotopic (exact) mass is 528 g/mol. The zero-order valence-electron chi connectivity index (χ0n) is 28.9. The van der Waals surface area contributed by atoms with Crippen LogP contribution in [-0.2, 0) is 0 Å². The molecule has 0 radical (unpaired) electrons. The molecule has 0 aliphatic carbocycles. The fraction of sp³-hybridized carbons (Fsp3) is 1.00. The highest BCUT2D eigenvalue weighted by Crippen LogP contribution is 2.32. The van der Waals surface area contributed by atoms with Crippen LogP contribution in [0.1, 0.15) is 148 Å². The lowest BCUT2D eigenvalue weighted by molar-refractivity contribution is 0.203. The highest BCUT2D eigenvalue weighted by atomic mass is 15.1. The summed E-state index contributed by atoms with van der Waals surface area (Å²) >= 11 is 0. The number of nitrogens with one attached hydrogen (secondary N) is 2. The molecule has 0 aromatic heterocycles. The first-order chi connectivity index (χ1) is 17.2. The van der Waals surface area contributed by atoms with E-state index in [2.05, 4.69) is 120 Å². The zero-order valence-corrected chi connectivity index (χ0v) is 28.9. The number of rotatable bonds is 19. The van der Waals surface area contributed by atoms with Gasteiger partial charge in [-0.1, -0.05) is 116 Å². The Kier molecular flexibility index (Phi) is 27.8. The van der Waals surface area contributed by atoms with Crippen LogP contribution in [0.3, 0.4) is 0 Å². The number of nitrogens with zero attached hydrogens (tertiary/aromatic N) is 1. The fourth-order valence-corrected chi connectivity index (χ4v) is 4.48. The fourth-order valence-electron chi connectivity index (χ4n) is 4.48. The van der Waals surface area contributed by atoms with E-state index in [0.717, 1.165) is 30.8 Å². The number of hydrogen-bond donors (Lipinski definition) is 2. The van der Waals surface area contributed by atoms with Crippen molar-refractivity contribution >= 4 is 0 Å². The molecule has 0 aliphatic heterocycles. The third-order valence-corrected chi connectivity index (χ3v) is 7.74. The van der Waals surface area contributed by atoms with Crippen molar-refractivity contribution in [2.24, 2.45) is 28.6 Å². The predicted molar refractivity (Wildman–Crippen MR) is 174 cm³/mol. The SMILES string of the molecule is CCC(C)(CCN(C)CC(C)C)CNC(C)C.CCC(C)C.CCCC(CC)(CCC)CNCC(C)C. The first-order valence-corrected chi connectivity index (χ1v) is 16.3. The van der Waals surface area contributed by atoms with Gasteiger partial charge < -0.3 is 15.5 Å². The summed E-state index contributed by atoms with van der Waals surface area (Å²) in [5.74, 6) is 2.42. The van der Waals surface area contributed by atoms with Gasteiger partial charge in [-0.2, -0.15) is 0 Å². The zero-order chi connectivity index (χ0) is 29.5. The van der Waals surface area contributed by atoms with Gasteiger partial charge in [0, 0.05) is 25.7 Å². The molecule has 3 nitrogen and oxygen atoms in total.